The maximum Gasteiger partial charge on any atom is 0.268 e. The second kappa shape index (κ2) is 10.0. The van der Waals surface area contributed by atoms with E-state index in [1.54, 1.807) is 32.6 Å². The van der Waals surface area contributed by atoms with Gasteiger partial charge in [0.2, 0.25) is 0 Å². The molecule has 0 fully saturated rings. The average molecular weight is 433 g/mol. The van der Waals surface area contributed by atoms with E-state index >= 15 is 0 Å². The molecule has 3 unspecified atom stereocenters. The molecule has 1 aliphatic heterocycles. The van der Waals surface area contributed by atoms with Crippen molar-refractivity contribution in [1.29, 1.82) is 0 Å². The van der Waals surface area contributed by atoms with Crippen LogP contribution in [-0.4, -0.2) is 40.8 Å². The first-order chi connectivity index (χ1) is 14.5. The lowest BCUT2D eigenvalue weighted by atomic mass is 9.85. The predicted octanol–water partition coefficient (Wildman–Crippen LogP) is 3.44. The van der Waals surface area contributed by atoms with Crippen molar-refractivity contribution in [2.75, 3.05) is 14.2 Å². The molecule has 30 heavy (non-hydrogen) atoms. The van der Waals surface area contributed by atoms with Crippen molar-refractivity contribution in [3.63, 3.8) is 0 Å². The number of allylic oxidation sites excluding steroid dienone is 3. The minimum Gasteiger partial charge on any atom is -0.506 e. The fourth-order valence-electron chi connectivity index (χ4n) is 3.76. The number of nitrogens with one attached hydrogen (secondary N) is 1. The predicted molar refractivity (Wildman–Crippen MR) is 117 cm³/mol. The molecule has 0 saturated carbocycles. The monoisotopic (exact) mass is 432 g/mol. The Morgan fingerprint density at radius 2 is 2.13 bits per heavy atom. The number of aliphatic imine (C=N–C) groups is 1. The van der Waals surface area contributed by atoms with Crippen LogP contribution in [0.4, 0.5) is 0 Å². The van der Waals surface area contributed by atoms with Gasteiger partial charge < -0.3 is 19.6 Å². The Labute approximate surface area is 178 Å². The highest BCUT2D eigenvalue weighted by Gasteiger charge is 2.35. The molecule has 1 aliphatic carbocycles. The van der Waals surface area contributed by atoms with Crippen molar-refractivity contribution < 1.29 is 18.8 Å². The Kier molecular flexibility index (Phi) is 7.44. The summed E-state index contributed by atoms with van der Waals surface area (Å²) in [5.74, 6) is -0.167. The number of nitrogens with zero attached hydrogens (tertiary/aromatic N) is 1. The Morgan fingerprint density at radius 3 is 2.77 bits per heavy atom. The third-order valence-corrected chi connectivity index (χ3v) is 6.67. The zero-order valence-electron chi connectivity index (χ0n) is 17.5. The standard InChI is InChI=1S/C22H28N2O5S/c1-4-5-9-14-18(19-15(28-2)10-8-11-16(19)29-3)20(25)21(22(26)24-14)30(27)17-12-6-7-13-23-17/h8,10-13,15,19H,4-7,9H2,1-3H3,(H2,24,25,26). The zero-order valence-corrected chi connectivity index (χ0v) is 18.3. The van der Waals surface area contributed by atoms with Crippen LogP contribution in [0.15, 0.2) is 49.8 Å². The van der Waals surface area contributed by atoms with Crippen LogP contribution in [0, 0.1) is 0 Å². The van der Waals surface area contributed by atoms with Crippen molar-refractivity contribution in [3.05, 3.63) is 56.7 Å². The highest BCUT2D eigenvalue weighted by Crippen LogP contribution is 2.41. The molecule has 8 heteroatoms. The number of aromatic hydroxyl groups is 1. The summed E-state index contributed by atoms with van der Waals surface area (Å²) in [6, 6.07) is 0. The van der Waals surface area contributed by atoms with E-state index in [1.165, 1.54) is 0 Å². The average Bonchev–Trinajstić information content (AvgIpc) is 2.77. The van der Waals surface area contributed by atoms with E-state index in [4.69, 9.17) is 9.47 Å². The molecule has 2 heterocycles. The summed E-state index contributed by atoms with van der Waals surface area (Å²) in [4.78, 5) is 19.7. The SMILES string of the molecule is CCCCc1[nH]c(=O)c(S(=O)C2=CCCC=N2)c(O)c1C1C(OC)=CC=CC1OC. The van der Waals surface area contributed by atoms with Gasteiger partial charge in [0.1, 0.15) is 27.3 Å². The van der Waals surface area contributed by atoms with Crippen LogP contribution in [0.5, 0.6) is 5.75 Å². The number of ether oxygens (including phenoxy) is 2. The Morgan fingerprint density at radius 1 is 1.33 bits per heavy atom. The molecule has 3 rings (SSSR count). The molecular weight excluding hydrogens is 404 g/mol. The molecule has 7 nitrogen and oxygen atoms in total. The lowest BCUT2D eigenvalue weighted by Gasteiger charge is -2.30. The largest absolute Gasteiger partial charge is 0.506 e. The lowest BCUT2D eigenvalue weighted by molar-refractivity contribution is 0.101. The molecule has 0 spiro atoms. The molecule has 2 N–H and O–H groups in total. The minimum absolute atomic E-state index is 0.185. The third-order valence-electron chi connectivity index (χ3n) is 5.27. The van der Waals surface area contributed by atoms with Crippen LogP contribution in [0.3, 0.4) is 0 Å². The number of aryl methyl sites for hydroxylation is 1. The van der Waals surface area contributed by atoms with Gasteiger partial charge in [-0.25, -0.2) is 4.21 Å². The number of aromatic amines is 1. The topological polar surface area (TPSA) is 101 Å². The minimum atomic E-state index is -1.90. The molecule has 1 aromatic rings. The number of pyridine rings is 1. The first-order valence-corrected chi connectivity index (χ1v) is 11.3. The van der Waals surface area contributed by atoms with Crippen molar-refractivity contribution in [1.82, 2.24) is 4.98 Å². The highest BCUT2D eigenvalue weighted by molar-refractivity contribution is 7.89. The van der Waals surface area contributed by atoms with Gasteiger partial charge in [-0.15, -0.1) is 0 Å². The van der Waals surface area contributed by atoms with Crippen molar-refractivity contribution in [2.45, 2.75) is 55.9 Å². The first kappa shape index (κ1) is 22.2. The maximum atomic E-state index is 13.2. The smallest absolute Gasteiger partial charge is 0.268 e. The second-order valence-corrected chi connectivity index (χ2v) is 8.53. The van der Waals surface area contributed by atoms with Crippen LogP contribution < -0.4 is 5.56 Å². The molecule has 0 radical (unpaired) electrons. The van der Waals surface area contributed by atoms with Gasteiger partial charge in [-0.3, -0.25) is 9.79 Å². The van der Waals surface area contributed by atoms with Gasteiger partial charge in [0.25, 0.3) is 5.56 Å². The maximum absolute atomic E-state index is 13.2. The molecule has 162 valence electrons. The fraction of sp³-hybridized carbons (Fsp3) is 0.455. The van der Waals surface area contributed by atoms with Crippen LogP contribution in [0.25, 0.3) is 0 Å². The van der Waals surface area contributed by atoms with Crippen LogP contribution in [0.1, 0.15) is 49.8 Å². The summed E-state index contributed by atoms with van der Waals surface area (Å²) in [6.45, 7) is 2.05. The van der Waals surface area contributed by atoms with Gasteiger partial charge in [-0.05, 0) is 37.8 Å². The summed E-state index contributed by atoms with van der Waals surface area (Å²) in [7, 11) is 1.24. The summed E-state index contributed by atoms with van der Waals surface area (Å²) in [5.41, 5.74) is 0.522. The van der Waals surface area contributed by atoms with E-state index in [2.05, 4.69) is 16.9 Å². The molecule has 0 aromatic carbocycles. The van der Waals surface area contributed by atoms with E-state index in [9.17, 15) is 14.1 Å². The van der Waals surface area contributed by atoms with Crippen molar-refractivity contribution in [2.24, 2.45) is 4.99 Å². The highest BCUT2D eigenvalue weighted by atomic mass is 32.2. The van der Waals surface area contributed by atoms with Gasteiger partial charge >= 0.3 is 0 Å². The van der Waals surface area contributed by atoms with E-state index in [-0.39, 0.29) is 15.7 Å². The Hall–Kier alpha value is -2.45. The van der Waals surface area contributed by atoms with Crippen LogP contribution >= 0.6 is 0 Å². The number of rotatable bonds is 8. The number of H-pyrrole nitrogens is 1. The van der Waals surface area contributed by atoms with Gasteiger partial charge in [-0.2, -0.15) is 0 Å². The van der Waals surface area contributed by atoms with E-state index in [0.717, 1.165) is 19.3 Å². The third kappa shape index (κ3) is 4.34. The van der Waals surface area contributed by atoms with Crippen molar-refractivity contribution in [3.8, 4) is 5.75 Å². The molecule has 0 bridgehead atoms. The van der Waals surface area contributed by atoms with Gasteiger partial charge in [-0.1, -0.05) is 25.5 Å². The summed E-state index contributed by atoms with van der Waals surface area (Å²) < 4.78 is 24.4. The number of unbranched alkanes of at least 4 members (excludes halogenated alkanes) is 1. The van der Waals surface area contributed by atoms with E-state index in [0.29, 0.717) is 29.9 Å². The molecular formula is C22H28N2O5S. The number of hydrogen-bond acceptors (Lipinski definition) is 6. The summed E-state index contributed by atoms with van der Waals surface area (Å²) in [6.07, 6.45) is 12.3. The molecule has 2 aliphatic rings. The van der Waals surface area contributed by atoms with Crippen LogP contribution in [-0.2, 0) is 26.7 Å². The molecule has 3 atom stereocenters. The first-order valence-electron chi connectivity index (χ1n) is 10.1. The molecule has 1 aromatic heterocycles. The van der Waals surface area contributed by atoms with Gasteiger partial charge in [0.15, 0.2) is 4.90 Å². The number of aromatic nitrogens is 1. The van der Waals surface area contributed by atoms with Crippen LogP contribution in [0.2, 0.25) is 0 Å². The number of methoxy groups -OCH3 is 2. The van der Waals surface area contributed by atoms with Crippen molar-refractivity contribution >= 4 is 17.0 Å². The van der Waals surface area contributed by atoms with E-state index < -0.39 is 28.4 Å². The van der Waals surface area contributed by atoms with E-state index in [1.807, 2.05) is 12.2 Å². The Balaban J connectivity index is 2.21. The summed E-state index contributed by atoms with van der Waals surface area (Å²) in [5, 5.41) is 11.6. The quantitative estimate of drug-likeness (QED) is 0.655. The Bertz CT molecular complexity index is 990. The molecule has 0 saturated heterocycles. The number of hydrogen-bond donors (Lipinski definition) is 2. The molecule has 0 amide bonds. The fourth-order valence-corrected chi connectivity index (χ4v) is 4.91. The van der Waals surface area contributed by atoms with Gasteiger partial charge in [0.05, 0.1) is 19.1 Å². The lowest BCUT2D eigenvalue weighted by Crippen LogP contribution is -2.28. The second-order valence-electron chi connectivity index (χ2n) is 7.16. The normalized spacial score (nSPS) is 21.8. The zero-order chi connectivity index (χ0) is 21.7. The van der Waals surface area contributed by atoms with Gasteiger partial charge in [0, 0.05) is 24.6 Å². The summed E-state index contributed by atoms with van der Waals surface area (Å²) >= 11 is 0.